The highest BCUT2D eigenvalue weighted by Crippen LogP contribution is 2.31. The first kappa shape index (κ1) is 17.3. The number of benzene rings is 2. The van der Waals surface area contributed by atoms with Crippen molar-refractivity contribution >= 4 is 11.8 Å². The second kappa shape index (κ2) is 7.57. The van der Waals surface area contributed by atoms with Gasteiger partial charge in [0.15, 0.2) is 0 Å². The van der Waals surface area contributed by atoms with Crippen molar-refractivity contribution in [3.63, 3.8) is 0 Å². The van der Waals surface area contributed by atoms with Gasteiger partial charge in [-0.1, -0.05) is 37.3 Å². The Balaban J connectivity index is 1.95. The SMILES string of the molecule is CCc1nc(-c2ccccc2)cc(=O)n1C(C)Sc1ccc(O)cc1. The highest BCUT2D eigenvalue weighted by atomic mass is 32.2. The minimum absolute atomic E-state index is 0.0514. The van der Waals surface area contributed by atoms with Gasteiger partial charge in [-0.3, -0.25) is 9.36 Å². The maximum atomic E-state index is 12.7. The Hall–Kier alpha value is -2.53. The van der Waals surface area contributed by atoms with Gasteiger partial charge in [0.1, 0.15) is 11.6 Å². The summed E-state index contributed by atoms with van der Waals surface area (Å²) in [6.45, 7) is 3.99. The van der Waals surface area contributed by atoms with Crippen LogP contribution in [-0.2, 0) is 6.42 Å². The Morgan fingerprint density at radius 3 is 2.44 bits per heavy atom. The van der Waals surface area contributed by atoms with Crippen LogP contribution in [0.1, 0.15) is 25.0 Å². The number of phenols is 1. The summed E-state index contributed by atoms with van der Waals surface area (Å²) in [6, 6.07) is 18.3. The van der Waals surface area contributed by atoms with E-state index in [2.05, 4.69) is 0 Å². The average molecular weight is 352 g/mol. The molecule has 1 aromatic heterocycles. The van der Waals surface area contributed by atoms with E-state index in [-0.39, 0.29) is 16.7 Å². The van der Waals surface area contributed by atoms with Crippen LogP contribution in [0.4, 0.5) is 0 Å². The molecule has 0 aliphatic rings. The minimum Gasteiger partial charge on any atom is -0.508 e. The topological polar surface area (TPSA) is 55.1 Å². The zero-order valence-corrected chi connectivity index (χ0v) is 15.0. The number of thioether (sulfide) groups is 1. The molecule has 1 heterocycles. The van der Waals surface area contributed by atoms with E-state index >= 15 is 0 Å². The molecule has 0 aliphatic carbocycles. The van der Waals surface area contributed by atoms with Crippen molar-refractivity contribution in [3.8, 4) is 17.0 Å². The summed E-state index contributed by atoms with van der Waals surface area (Å²) >= 11 is 1.56. The van der Waals surface area contributed by atoms with Crippen molar-refractivity contribution in [3.05, 3.63) is 76.8 Å². The predicted molar refractivity (Wildman–Crippen MR) is 102 cm³/mol. The molecule has 0 saturated carbocycles. The van der Waals surface area contributed by atoms with E-state index < -0.39 is 0 Å². The first-order valence-corrected chi connectivity index (χ1v) is 9.10. The number of hydrogen-bond donors (Lipinski definition) is 1. The third kappa shape index (κ3) is 3.94. The van der Waals surface area contributed by atoms with Crippen LogP contribution in [0, 0.1) is 0 Å². The number of rotatable bonds is 5. The Morgan fingerprint density at radius 2 is 1.80 bits per heavy atom. The number of aromatic nitrogens is 2. The van der Waals surface area contributed by atoms with Gasteiger partial charge in [-0.15, -0.1) is 11.8 Å². The molecule has 0 aliphatic heterocycles. The van der Waals surface area contributed by atoms with Gasteiger partial charge in [-0.25, -0.2) is 4.98 Å². The molecule has 1 atom stereocenters. The normalized spacial score (nSPS) is 12.1. The summed E-state index contributed by atoms with van der Waals surface area (Å²) < 4.78 is 1.74. The van der Waals surface area contributed by atoms with Crippen molar-refractivity contribution in [1.29, 1.82) is 0 Å². The van der Waals surface area contributed by atoms with Crippen LogP contribution >= 0.6 is 11.8 Å². The van der Waals surface area contributed by atoms with E-state index in [0.717, 1.165) is 16.3 Å². The smallest absolute Gasteiger partial charge is 0.255 e. The maximum Gasteiger partial charge on any atom is 0.255 e. The van der Waals surface area contributed by atoms with Crippen molar-refractivity contribution in [2.24, 2.45) is 0 Å². The average Bonchev–Trinajstić information content (AvgIpc) is 2.63. The van der Waals surface area contributed by atoms with Gasteiger partial charge in [0.05, 0.1) is 11.1 Å². The Bertz CT molecular complexity index is 905. The van der Waals surface area contributed by atoms with Crippen molar-refractivity contribution < 1.29 is 5.11 Å². The molecular weight excluding hydrogens is 332 g/mol. The molecule has 3 aromatic rings. The summed E-state index contributed by atoms with van der Waals surface area (Å²) in [5.74, 6) is 1.00. The molecule has 4 nitrogen and oxygen atoms in total. The molecule has 0 bridgehead atoms. The lowest BCUT2D eigenvalue weighted by molar-refractivity contribution is 0.475. The van der Waals surface area contributed by atoms with Crippen molar-refractivity contribution in [2.75, 3.05) is 0 Å². The number of aryl methyl sites for hydroxylation is 1. The fraction of sp³-hybridized carbons (Fsp3) is 0.200. The molecular formula is C20H20N2O2S. The molecule has 1 unspecified atom stereocenters. The Labute approximate surface area is 151 Å². The predicted octanol–water partition coefficient (Wildman–Crippen LogP) is 4.49. The number of nitrogens with zero attached hydrogens (tertiary/aromatic N) is 2. The first-order valence-electron chi connectivity index (χ1n) is 8.22. The fourth-order valence-electron chi connectivity index (χ4n) is 2.71. The maximum absolute atomic E-state index is 12.7. The van der Waals surface area contributed by atoms with Crippen LogP contribution in [0.3, 0.4) is 0 Å². The standard InChI is InChI=1S/C20H20N2O2S/c1-3-19-21-18(15-7-5-4-6-8-15)13-20(24)22(19)14(2)25-17-11-9-16(23)10-12-17/h4-14,23H,3H2,1-2H3. The molecule has 1 N–H and O–H groups in total. The van der Waals surface area contributed by atoms with E-state index in [4.69, 9.17) is 4.98 Å². The third-order valence-corrected chi connectivity index (χ3v) is 5.01. The quantitative estimate of drug-likeness (QED) is 0.688. The van der Waals surface area contributed by atoms with Gasteiger partial charge in [0.2, 0.25) is 0 Å². The first-order chi connectivity index (χ1) is 12.1. The second-order valence-electron chi connectivity index (χ2n) is 5.70. The summed E-state index contributed by atoms with van der Waals surface area (Å²) in [5.41, 5.74) is 1.60. The molecule has 0 spiro atoms. The number of hydrogen-bond acceptors (Lipinski definition) is 4. The molecule has 2 aromatic carbocycles. The van der Waals surface area contributed by atoms with Gasteiger partial charge in [0.25, 0.3) is 5.56 Å². The lowest BCUT2D eigenvalue weighted by atomic mass is 10.1. The third-order valence-electron chi connectivity index (χ3n) is 3.92. The highest BCUT2D eigenvalue weighted by Gasteiger charge is 2.15. The van der Waals surface area contributed by atoms with Crippen molar-refractivity contribution in [1.82, 2.24) is 9.55 Å². The van der Waals surface area contributed by atoms with E-state index in [1.165, 1.54) is 0 Å². The van der Waals surface area contributed by atoms with Crippen LogP contribution in [0.5, 0.6) is 5.75 Å². The Morgan fingerprint density at radius 1 is 1.12 bits per heavy atom. The van der Waals surface area contributed by atoms with Gasteiger partial charge >= 0.3 is 0 Å². The largest absolute Gasteiger partial charge is 0.508 e. The second-order valence-corrected chi connectivity index (χ2v) is 7.09. The molecule has 0 amide bonds. The molecule has 3 rings (SSSR count). The van der Waals surface area contributed by atoms with Gasteiger partial charge in [-0.05, 0) is 31.2 Å². The van der Waals surface area contributed by atoms with Gasteiger partial charge in [-0.2, -0.15) is 0 Å². The number of phenolic OH excluding ortho intramolecular Hbond substituents is 1. The van der Waals surface area contributed by atoms with E-state index in [1.54, 1.807) is 34.5 Å². The van der Waals surface area contributed by atoms with E-state index in [1.807, 2.05) is 56.3 Å². The highest BCUT2D eigenvalue weighted by molar-refractivity contribution is 7.99. The van der Waals surface area contributed by atoms with Gasteiger partial charge in [0, 0.05) is 22.9 Å². The van der Waals surface area contributed by atoms with Crippen LogP contribution < -0.4 is 5.56 Å². The summed E-state index contributed by atoms with van der Waals surface area (Å²) in [6.07, 6.45) is 0.677. The molecule has 25 heavy (non-hydrogen) atoms. The Kier molecular flexibility index (Phi) is 5.24. The van der Waals surface area contributed by atoms with Crippen LogP contribution in [0.25, 0.3) is 11.3 Å². The van der Waals surface area contributed by atoms with Gasteiger partial charge < -0.3 is 5.11 Å². The zero-order chi connectivity index (χ0) is 17.8. The van der Waals surface area contributed by atoms with Crippen LogP contribution in [0.15, 0.2) is 70.4 Å². The van der Waals surface area contributed by atoms with Crippen molar-refractivity contribution in [2.45, 2.75) is 30.5 Å². The summed E-state index contributed by atoms with van der Waals surface area (Å²) in [7, 11) is 0. The molecule has 5 heteroatoms. The molecule has 0 radical (unpaired) electrons. The number of aromatic hydroxyl groups is 1. The zero-order valence-electron chi connectivity index (χ0n) is 14.2. The van der Waals surface area contributed by atoms with E-state index in [0.29, 0.717) is 12.1 Å². The summed E-state index contributed by atoms with van der Waals surface area (Å²) in [5, 5.41) is 9.31. The minimum atomic E-state index is -0.0932. The summed E-state index contributed by atoms with van der Waals surface area (Å²) in [4.78, 5) is 18.4. The fourth-order valence-corrected chi connectivity index (χ4v) is 3.73. The lowest BCUT2D eigenvalue weighted by Gasteiger charge is -2.19. The molecule has 0 saturated heterocycles. The monoisotopic (exact) mass is 352 g/mol. The van der Waals surface area contributed by atoms with Crippen LogP contribution in [-0.4, -0.2) is 14.7 Å². The molecule has 128 valence electrons. The lowest BCUT2D eigenvalue weighted by Crippen LogP contribution is -2.26. The van der Waals surface area contributed by atoms with Crippen LogP contribution in [0.2, 0.25) is 0 Å². The molecule has 0 fully saturated rings. The van der Waals surface area contributed by atoms with E-state index in [9.17, 15) is 9.90 Å².